The van der Waals surface area contributed by atoms with Gasteiger partial charge in [0.1, 0.15) is 0 Å². The highest BCUT2D eigenvalue weighted by atomic mass is 32.1. The van der Waals surface area contributed by atoms with Gasteiger partial charge in [-0.3, -0.25) is 9.59 Å². The molecule has 2 aromatic rings. The average Bonchev–Trinajstić information content (AvgIpc) is 2.96. The molecule has 2 atom stereocenters. The van der Waals surface area contributed by atoms with Crippen LogP contribution in [0.15, 0.2) is 41.8 Å². The van der Waals surface area contributed by atoms with Gasteiger partial charge in [0.15, 0.2) is 0 Å². The third-order valence-electron chi connectivity index (χ3n) is 5.57. The number of nitrogens with one attached hydrogen (secondary N) is 1. The summed E-state index contributed by atoms with van der Waals surface area (Å²) in [5.74, 6) is 0.292. The van der Waals surface area contributed by atoms with Gasteiger partial charge >= 0.3 is 0 Å². The van der Waals surface area contributed by atoms with Crippen LogP contribution in [0.25, 0.3) is 0 Å². The van der Waals surface area contributed by atoms with Crippen LogP contribution in [0, 0.1) is 18.3 Å². The van der Waals surface area contributed by atoms with Gasteiger partial charge in [-0.15, -0.1) is 11.3 Å². The Morgan fingerprint density at radius 1 is 1.28 bits per heavy atom. The van der Waals surface area contributed by atoms with Crippen molar-refractivity contribution in [2.75, 3.05) is 13.1 Å². The fourth-order valence-electron chi connectivity index (χ4n) is 3.93. The SMILES string of the molecule is Cc1ccccc1C(=O)N1CC[C@]2(C[C@@H]2C(=O)NCc2cccs2)C1. The lowest BCUT2D eigenvalue weighted by atomic mass is 10.0. The zero-order valence-corrected chi connectivity index (χ0v) is 15.1. The summed E-state index contributed by atoms with van der Waals surface area (Å²) in [6.45, 7) is 4.03. The molecule has 2 amide bonds. The number of nitrogens with zero attached hydrogens (tertiary/aromatic N) is 1. The Morgan fingerprint density at radius 3 is 2.88 bits per heavy atom. The number of likely N-dealkylation sites (tertiary alicyclic amines) is 1. The summed E-state index contributed by atoms with van der Waals surface area (Å²) in [5.41, 5.74) is 1.80. The standard InChI is InChI=1S/C20H22N2O2S/c1-14-5-2-3-7-16(14)19(24)22-9-8-20(13-22)11-17(20)18(23)21-12-15-6-4-10-25-15/h2-7,10,17H,8-9,11-13H2,1H3,(H,21,23)/t17-,20+/m1/s1. The Labute approximate surface area is 151 Å². The number of amides is 2. The molecule has 130 valence electrons. The molecule has 2 aliphatic rings. The molecule has 1 aliphatic heterocycles. The number of thiophene rings is 1. The van der Waals surface area contributed by atoms with Gasteiger partial charge in [-0.25, -0.2) is 0 Å². The van der Waals surface area contributed by atoms with Crippen molar-refractivity contribution in [1.29, 1.82) is 0 Å². The second kappa shape index (κ2) is 6.30. The first kappa shape index (κ1) is 16.3. The molecule has 4 rings (SSSR count). The molecule has 4 nitrogen and oxygen atoms in total. The van der Waals surface area contributed by atoms with Gasteiger partial charge in [-0.1, -0.05) is 24.3 Å². The van der Waals surface area contributed by atoms with E-state index in [0.29, 0.717) is 13.1 Å². The van der Waals surface area contributed by atoms with E-state index in [-0.39, 0.29) is 23.1 Å². The zero-order valence-electron chi connectivity index (χ0n) is 14.3. The molecule has 1 saturated heterocycles. The van der Waals surface area contributed by atoms with E-state index in [1.54, 1.807) is 11.3 Å². The van der Waals surface area contributed by atoms with Gasteiger partial charge in [0, 0.05) is 34.9 Å². The molecule has 2 fully saturated rings. The molecule has 1 aromatic carbocycles. The van der Waals surface area contributed by atoms with Crippen molar-refractivity contribution in [2.24, 2.45) is 11.3 Å². The highest BCUT2D eigenvalue weighted by Crippen LogP contribution is 2.58. The number of benzene rings is 1. The predicted molar refractivity (Wildman–Crippen MR) is 98.4 cm³/mol. The second-order valence-electron chi connectivity index (χ2n) is 7.21. The highest BCUT2D eigenvalue weighted by molar-refractivity contribution is 7.09. The predicted octanol–water partition coefficient (Wildman–Crippen LogP) is 3.23. The molecule has 1 aromatic heterocycles. The summed E-state index contributed by atoms with van der Waals surface area (Å²) >= 11 is 1.66. The fraction of sp³-hybridized carbons (Fsp3) is 0.400. The van der Waals surface area contributed by atoms with E-state index in [9.17, 15) is 9.59 Å². The van der Waals surface area contributed by atoms with Crippen molar-refractivity contribution in [3.8, 4) is 0 Å². The number of rotatable bonds is 4. The van der Waals surface area contributed by atoms with Gasteiger partial charge < -0.3 is 10.2 Å². The molecular formula is C20H22N2O2S. The number of hydrogen-bond acceptors (Lipinski definition) is 3. The fourth-order valence-corrected chi connectivity index (χ4v) is 4.58. The van der Waals surface area contributed by atoms with Crippen LogP contribution in [-0.4, -0.2) is 29.8 Å². The summed E-state index contributed by atoms with van der Waals surface area (Å²) in [5, 5.41) is 5.07. The van der Waals surface area contributed by atoms with E-state index < -0.39 is 0 Å². The topological polar surface area (TPSA) is 49.4 Å². The Hall–Kier alpha value is -2.14. The lowest BCUT2D eigenvalue weighted by Crippen LogP contribution is -2.31. The third kappa shape index (κ3) is 3.09. The quantitative estimate of drug-likeness (QED) is 0.916. The molecule has 0 bridgehead atoms. The Bertz CT molecular complexity index is 802. The monoisotopic (exact) mass is 354 g/mol. The Balaban J connectivity index is 1.36. The largest absolute Gasteiger partial charge is 0.351 e. The molecule has 0 unspecified atom stereocenters. The zero-order chi connectivity index (χ0) is 17.4. The third-order valence-corrected chi connectivity index (χ3v) is 6.45. The maximum atomic E-state index is 12.8. The Morgan fingerprint density at radius 2 is 2.12 bits per heavy atom. The van der Waals surface area contributed by atoms with Crippen LogP contribution in [0.5, 0.6) is 0 Å². The van der Waals surface area contributed by atoms with Crippen LogP contribution in [-0.2, 0) is 11.3 Å². The van der Waals surface area contributed by atoms with Crippen molar-refractivity contribution in [3.05, 3.63) is 57.8 Å². The minimum Gasteiger partial charge on any atom is -0.351 e. The lowest BCUT2D eigenvalue weighted by molar-refractivity contribution is -0.123. The van der Waals surface area contributed by atoms with Crippen LogP contribution in [0.4, 0.5) is 0 Å². The van der Waals surface area contributed by atoms with Crippen LogP contribution in [0.3, 0.4) is 0 Å². The molecule has 1 spiro atoms. The molecule has 1 saturated carbocycles. The van der Waals surface area contributed by atoms with Crippen molar-refractivity contribution in [3.63, 3.8) is 0 Å². The Kier molecular flexibility index (Phi) is 4.12. The van der Waals surface area contributed by atoms with Crippen LogP contribution in [0.2, 0.25) is 0 Å². The summed E-state index contributed by atoms with van der Waals surface area (Å²) in [6.07, 6.45) is 1.84. The molecule has 1 N–H and O–H groups in total. The maximum Gasteiger partial charge on any atom is 0.254 e. The molecular weight excluding hydrogens is 332 g/mol. The number of carbonyl (C=O) groups is 2. The van der Waals surface area contributed by atoms with E-state index in [4.69, 9.17) is 0 Å². The van der Waals surface area contributed by atoms with Gasteiger partial charge in [0.2, 0.25) is 5.91 Å². The molecule has 0 radical (unpaired) electrons. The first-order chi connectivity index (χ1) is 12.1. The molecule has 25 heavy (non-hydrogen) atoms. The van der Waals surface area contributed by atoms with Gasteiger partial charge in [0.05, 0.1) is 6.54 Å². The van der Waals surface area contributed by atoms with Crippen LogP contribution < -0.4 is 5.32 Å². The molecule has 5 heteroatoms. The average molecular weight is 354 g/mol. The molecule has 1 aliphatic carbocycles. The smallest absolute Gasteiger partial charge is 0.254 e. The van der Waals surface area contributed by atoms with Gasteiger partial charge in [-0.05, 0) is 42.8 Å². The maximum absolute atomic E-state index is 12.8. The highest BCUT2D eigenvalue weighted by Gasteiger charge is 2.61. The number of aryl methyl sites for hydroxylation is 1. The summed E-state index contributed by atoms with van der Waals surface area (Å²) in [7, 11) is 0. The van der Waals surface area contributed by atoms with E-state index in [0.717, 1.165) is 30.5 Å². The lowest BCUT2D eigenvalue weighted by Gasteiger charge is -2.18. The van der Waals surface area contributed by atoms with E-state index in [1.807, 2.05) is 53.6 Å². The van der Waals surface area contributed by atoms with Crippen molar-refractivity contribution < 1.29 is 9.59 Å². The van der Waals surface area contributed by atoms with Crippen LogP contribution >= 0.6 is 11.3 Å². The van der Waals surface area contributed by atoms with Crippen LogP contribution in [0.1, 0.15) is 33.6 Å². The molecule has 2 heterocycles. The minimum atomic E-state index is 0.0118. The summed E-state index contributed by atoms with van der Waals surface area (Å²) in [4.78, 5) is 28.3. The van der Waals surface area contributed by atoms with Crippen molar-refractivity contribution in [1.82, 2.24) is 10.2 Å². The number of carbonyl (C=O) groups excluding carboxylic acids is 2. The van der Waals surface area contributed by atoms with E-state index in [1.165, 1.54) is 4.88 Å². The normalized spacial score (nSPS) is 24.5. The second-order valence-corrected chi connectivity index (χ2v) is 8.24. The summed E-state index contributed by atoms with van der Waals surface area (Å²) < 4.78 is 0. The van der Waals surface area contributed by atoms with E-state index >= 15 is 0 Å². The summed E-state index contributed by atoms with van der Waals surface area (Å²) in [6, 6.07) is 11.7. The first-order valence-electron chi connectivity index (χ1n) is 8.74. The van der Waals surface area contributed by atoms with E-state index in [2.05, 4.69) is 5.32 Å². The van der Waals surface area contributed by atoms with Gasteiger partial charge in [0.25, 0.3) is 5.91 Å². The minimum absolute atomic E-state index is 0.0118. The van der Waals surface area contributed by atoms with Crippen molar-refractivity contribution in [2.45, 2.75) is 26.3 Å². The van der Waals surface area contributed by atoms with Crippen molar-refractivity contribution >= 4 is 23.2 Å². The first-order valence-corrected chi connectivity index (χ1v) is 9.62. The van der Waals surface area contributed by atoms with Gasteiger partial charge in [-0.2, -0.15) is 0 Å². The number of hydrogen-bond donors (Lipinski definition) is 1.